The maximum atomic E-state index is 12.9. The quantitative estimate of drug-likeness (QED) is 0.147. The summed E-state index contributed by atoms with van der Waals surface area (Å²) in [5.74, 6) is 1.69. The van der Waals surface area contributed by atoms with Gasteiger partial charge in [0, 0.05) is 74.8 Å². The van der Waals surface area contributed by atoms with Crippen molar-refractivity contribution in [2.75, 3.05) is 56.7 Å². The first-order valence-corrected chi connectivity index (χ1v) is 19.6. The summed E-state index contributed by atoms with van der Waals surface area (Å²) >= 11 is 3.56. The van der Waals surface area contributed by atoms with E-state index in [2.05, 4.69) is 59.6 Å². The number of hydrogen-bond donors (Lipinski definition) is 1. The van der Waals surface area contributed by atoms with E-state index in [1.54, 1.807) is 30.6 Å². The number of carbonyl (C=O) groups is 1. The van der Waals surface area contributed by atoms with Crippen molar-refractivity contribution in [2.24, 2.45) is 5.92 Å². The number of ether oxygens (including phenoxy) is 4. The molecule has 0 aliphatic carbocycles. The van der Waals surface area contributed by atoms with E-state index in [0.717, 1.165) is 52.6 Å². The smallest absolute Gasteiger partial charge is 0.410 e. The Balaban J connectivity index is 0.979. The highest BCUT2D eigenvalue weighted by atomic mass is 32.2. The van der Waals surface area contributed by atoms with E-state index in [0.29, 0.717) is 38.8 Å². The fraction of sp³-hybridized carbons (Fsp3) is 0.286. The number of aromatic nitrogens is 1. The van der Waals surface area contributed by atoms with Crippen LogP contribution in [0.15, 0.2) is 123 Å². The molecule has 8 rings (SSSR count). The van der Waals surface area contributed by atoms with Gasteiger partial charge in [-0.2, -0.15) is 0 Å². The van der Waals surface area contributed by atoms with Gasteiger partial charge in [0.15, 0.2) is 0 Å². The van der Waals surface area contributed by atoms with Gasteiger partial charge in [0.25, 0.3) is 0 Å². The number of nitrogens with zero attached hydrogens (tertiary/aromatic N) is 3. The summed E-state index contributed by atoms with van der Waals surface area (Å²) in [5, 5.41) is 3.72. The van der Waals surface area contributed by atoms with Crippen LogP contribution in [0, 0.1) is 5.92 Å². The number of pyridine rings is 1. The van der Waals surface area contributed by atoms with E-state index in [4.69, 9.17) is 23.9 Å². The molecular weight excluding hydrogens is 705 g/mol. The Hall–Kier alpha value is -4.84. The summed E-state index contributed by atoms with van der Waals surface area (Å²) in [6, 6.07) is 35.1. The van der Waals surface area contributed by atoms with Gasteiger partial charge in [-0.15, -0.1) is 0 Å². The van der Waals surface area contributed by atoms with Crippen molar-refractivity contribution in [1.82, 2.24) is 9.88 Å². The van der Waals surface area contributed by atoms with Crippen LogP contribution in [-0.4, -0.2) is 68.5 Å². The number of rotatable bonds is 10. The van der Waals surface area contributed by atoms with Crippen molar-refractivity contribution in [2.45, 2.75) is 45.8 Å². The van der Waals surface area contributed by atoms with Gasteiger partial charge in [0.1, 0.15) is 19.0 Å². The second kappa shape index (κ2) is 16.0. The zero-order valence-corrected chi connectivity index (χ0v) is 31.5. The summed E-state index contributed by atoms with van der Waals surface area (Å²) in [7, 11) is 1.67. The minimum atomic E-state index is -0.268. The van der Waals surface area contributed by atoms with Crippen molar-refractivity contribution in [1.29, 1.82) is 0 Å². The molecule has 0 spiro atoms. The topological polar surface area (TPSA) is 85.4 Å². The predicted octanol–water partition coefficient (Wildman–Crippen LogP) is 8.86. The average Bonchev–Trinajstić information content (AvgIpc) is 3.58. The molecule has 2 fully saturated rings. The van der Waals surface area contributed by atoms with Gasteiger partial charge in [-0.25, -0.2) is 9.78 Å². The number of amides is 1. The monoisotopic (exact) mass is 746 g/mol. The van der Waals surface area contributed by atoms with E-state index < -0.39 is 0 Å². The standard InChI is InChI=1S/C42H42N4O5S2/c1-28-24-46(42(47)51-27-29-7-4-3-5-8-29)25-36(28)43-31-13-16-37-39(21-31)52-38-10-6-9-34(41(38)53-37)35-22-32(45-17-19-49-20-18-45)23-40(44-35)50-26-30-11-14-33(48-2)15-12-30/h3-16,21-23,28,36,43H,17-20,24-27H2,1-2H3/t28-,36-/m1/s1. The van der Waals surface area contributed by atoms with Crippen LogP contribution in [0.3, 0.4) is 0 Å². The molecule has 2 atom stereocenters. The number of benzene rings is 4. The van der Waals surface area contributed by atoms with E-state index in [-0.39, 0.29) is 24.7 Å². The first-order chi connectivity index (χ1) is 26.0. The molecule has 53 heavy (non-hydrogen) atoms. The number of hydrogen-bond acceptors (Lipinski definition) is 10. The Labute approximate surface area is 319 Å². The molecule has 1 N–H and O–H groups in total. The van der Waals surface area contributed by atoms with Crippen LogP contribution in [0.4, 0.5) is 16.2 Å². The van der Waals surface area contributed by atoms with Crippen LogP contribution in [0.2, 0.25) is 0 Å². The number of methoxy groups -OCH3 is 1. The number of carbonyl (C=O) groups excluding carboxylic acids is 1. The van der Waals surface area contributed by atoms with Gasteiger partial charge in [-0.3, -0.25) is 0 Å². The summed E-state index contributed by atoms with van der Waals surface area (Å²) in [6.07, 6.45) is -0.268. The zero-order chi connectivity index (χ0) is 36.1. The summed E-state index contributed by atoms with van der Waals surface area (Å²) in [4.78, 5) is 26.9. The molecule has 4 heterocycles. The largest absolute Gasteiger partial charge is 0.497 e. The molecule has 3 aliphatic rings. The molecule has 272 valence electrons. The molecule has 1 aromatic heterocycles. The third-order valence-electron chi connectivity index (χ3n) is 9.77. The zero-order valence-electron chi connectivity index (χ0n) is 29.8. The molecule has 0 bridgehead atoms. The Morgan fingerprint density at radius 2 is 1.66 bits per heavy atom. The molecular formula is C42H42N4O5S2. The minimum absolute atomic E-state index is 0.128. The summed E-state index contributed by atoms with van der Waals surface area (Å²) < 4.78 is 22.9. The number of anilines is 2. The highest BCUT2D eigenvalue weighted by Gasteiger charge is 2.33. The highest BCUT2D eigenvalue weighted by molar-refractivity contribution is 8.05. The van der Waals surface area contributed by atoms with Crippen LogP contribution in [-0.2, 0) is 22.7 Å². The molecule has 0 unspecified atom stereocenters. The number of morpholine rings is 1. The van der Waals surface area contributed by atoms with Crippen molar-refractivity contribution in [3.05, 3.63) is 114 Å². The average molecular weight is 747 g/mol. The van der Waals surface area contributed by atoms with Crippen molar-refractivity contribution in [3.8, 4) is 22.9 Å². The first-order valence-electron chi connectivity index (χ1n) is 17.9. The summed E-state index contributed by atoms with van der Waals surface area (Å²) in [6.45, 7) is 7.15. The van der Waals surface area contributed by atoms with Crippen molar-refractivity contribution >= 4 is 41.0 Å². The molecule has 0 saturated carbocycles. The second-order valence-electron chi connectivity index (χ2n) is 13.5. The normalized spacial score (nSPS) is 17.8. The first kappa shape index (κ1) is 35.2. The van der Waals surface area contributed by atoms with E-state index >= 15 is 0 Å². The molecule has 1 amide bonds. The molecule has 2 saturated heterocycles. The molecule has 3 aliphatic heterocycles. The molecule has 5 aromatic rings. The number of likely N-dealkylation sites (tertiary alicyclic amines) is 1. The summed E-state index contributed by atoms with van der Waals surface area (Å²) in [5.41, 5.74) is 6.11. The third-order valence-corrected chi connectivity index (χ3v) is 12.4. The molecule has 9 nitrogen and oxygen atoms in total. The van der Waals surface area contributed by atoms with E-state index in [1.807, 2.05) is 65.6 Å². The Kier molecular flexibility index (Phi) is 10.7. The Bertz CT molecular complexity index is 2060. The van der Waals surface area contributed by atoms with Crippen LogP contribution < -0.4 is 19.7 Å². The minimum Gasteiger partial charge on any atom is -0.497 e. The van der Waals surface area contributed by atoms with E-state index in [1.165, 1.54) is 19.6 Å². The van der Waals surface area contributed by atoms with Crippen molar-refractivity contribution < 1.29 is 23.7 Å². The Morgan fingerprint density at radius 3 is 2.47 bits per heavy atom. The number of fused-ring (bicyclic) bond motifs is 2. The SMILES string of the molecule is COc1ccc(COc2cc(N3CCOCC3)cc(-c3cccc4c3Sc3ccc(N[C@@H]5CN(C(=O)OCc6ccccc6)C[C@H]5C)cc3S4)n2)cc1. The van der Waals surface area contributed by atoms with Crippen LogP contribution >= 0.6 is 23.5 Å². The lowest BCUT2D eigenvalue weighted by Gasteiger charge is -2.29. The van der Waals surface area contributed by atoms with Gasteiger partial charge in [0.2, 0.25) is 5.88 Å². The molecule has 11 heteroatoms. The van der Waals surface area contributed by atoms with Gasteiger partial charge in [-0.05, 0) is 59.5 Å². The molecule has 4 aromatic carbocycles. The van der Waals surface area contributed by atoms with Gasteiger partial charge in [-0.1, -0.05) is 85.0 Å². The fourth-order valence-electron chi connectivity index (χ4n) is 6.81. The number of nitrogens with one attached hydrogen (secondary N) is 1. The fourth-order valence-corrected chi connectivity index (χ4v) is 9.22. The lowest BCUT2D eigenvalue weighted by atomic mass is 10.1. The maximum absolute atomic E-state index is 12.9. The van der Waals surface area contributed by atoms with Crippen LogP contribution in [0.25, 0.3) is 11.3 Å². The van der Waals surface area contributed by atoms with Crippen molar-refractivity contribution in [3.63, 3.8) is 0 Å². The lowest BCUT2D eigenvalue weighted by molar-refractivity contribution is 0.103. The maximum Gasteiger partial charge on any atom is 0.410 e. The highest BCUT2D eigenvalue weighted by Crippen LogP contribution is 2.52. The van der Waals surface area contributed by atoms with Gasteiger partial charge in [0.05, 0.1) is 26.0 Å². The Morgan fingerprint density at radius 1 is 0.849 bits per heavy atom. The van der Waals surface area contributed by atoms with Gasteiger partial charge >= 0.3 is 6.09 Å². The third kappa shape index (κ3) is 8.22. The predicted molar refractivity (Wildman–Crippen MR) is 209 cm³/mol. The lowest BCUT2D eigenvalue weighted by Crippen LogP contribution is -2.36. The van der Waals surface area contributed by atoms with Crippen LogP contribution in [0.5, 0.6) is 11.6 Å². The second-order valence-corrected chi connectivity index (χ2v) is 15.6. The van der Waals surface area contributed by atoms with E-state index in [9.17, 15) is 4.79 Å². The molecule has 0 radical (unpaired) electrons. The van der Waals surface area contributed by atoms with Gasteiger partial charge < -0.3 is 34.1 Å². The van der Waals surface area contributed by atoms with Crippen LogP contribution in [0.1, 0.15) is 18.1 Å².